The van der Waals surface area contributed by atoms with Gasteiger partial charge in [-0.25, -0.2) is 4.79 Å². The monoisotopic (exact) mass is 422 g/mol. The normalized spacial score (nSPS) is 21.1. The molecule has 3 heterocycles. The van der Waals surface area contributed by atoms with Crippen LogP contribution >= 0.6 is 23.1 Å². The summed E-state index contributed by atoms with van der Waals surface area (Å²) in [6.07, 6.45) is 1.49. The Bertz CT molecular complexity index is 877. The summed E-state index contributed by atoms with van der Waals surface area (Å²) in [5.41, 5.74) is 0.635. The number of fused-ring (bicyclic) bond motifs is 1. The molecule has 1 fully saturated rings. The second-order valence-electron chi connectivity index (χ2n) is 6.51. The molecule has 0 radical (unpaired) electrons. The van der Waals surface area contributed by atoms with Gasteiger partial charge in [0.15, 0.2) is 4.34 Å². The molecule has 1 saturated heterocycles. The second kappa shape index (κ2) is 8.15. The van der Waals surface area contributed by atoms with E-state index in [1.807, 2.05) is 0 Å². The van der Waals surface area contributed by atoms with E-state index in [0.717, 1.165) is 29.0 Å². The highest BCUT2D eigenvalue weighted by Crippen LogP contribution is 2.40. The summed E-state index contributed by atoms with van der Waals surface area (Å²) in [6, 6.07) is 3.72. The van der Waals surface area contributed by atoms with Gasteiger partial charge in [-0.05, 0) is 31.0 Å². The average molecular weight is 422 g/mol. The topological polar surface area (TPSA) is 126 Å². The summed E-state index contributed by atoms with van der Waals surface area (Å²) in [5.74, 6) is -0.802. The van der Waals surface area contributed by atoms with E-state index in [-0.39, 0.29) is 22.2 Å². The predicted molar refractivity (Wildman–Crippen MR) is 107 cm³/mol. The molecule has 0 bridgehead atoms. The standard InChI is InChI=1S/C16H19BN4O5S2/c1-25-10-3-2-8-6-11(17(24)26-13(8)12(10)14(22)23)27-16-21-20-15(28-16)19-9-4-5-18-7-9/h2-3,9,11,18,24H,4-7H2,1H3,(H,19,20)(H,22,23). The minimum Gasteiger partial charge on any atom is -0.534 e. The molecular formula is C16H19BN4O5S2. The first-order valence-corrected chi connectivity index (χ1v) is 10.5. The summed E-state index contributed by atoms with van der Waals surface area (Å²) < 4.78 is 11.4. The molecule has 2 aliphatic heterocycles. The molecule has 2 aromatic rings. The van der Waals surface area contributed by atoms with E-state index >= 15 is 0 Å². The Labute approximate surface area is 170 Å². The molecule has 148 valence electrons. The number of ether oxygens (including phenoxy) is 1. The van der Waals surface area contributed by atoms with Gasteiger partial charge in [-0.1, -0.05) is 29.2 Å². The van der Waals surface area contributed by atoms with Crippen LogP contribution in [0, 0.1) is 0 Å². The number of rotatable bonds is 6. The van der Waals surface area contributed by atoms with Crippen LogP contribution in [0.25, 0.3) is 0 Å². The first-order chi connectivity index (χ1) is 13.5. The molecule has 2 aliphatic rings. The van der Waals surface area contributed by atoms with E-state index in [1.54, 1.807) is 12.1 Å². The van der Waals surface area contributed by atoms with Crippen molar-refractivity contribution in [2.75, 3.05) is 25.5 Å². The lowest BCUT2D eigenvalue weighted by molar-refractivity contribution is 0.0690. The number of carboxylic acids is 1. The van der Waals surface area contributed by atoms with Gasteiger partial charge in [-0.15, -0.1) is 10.2 Å². The summed E-state index contributed by atoms with van der Waals surface area (Å²) in [4.78, 5) is 11.6. The maximum Gasteiger partial charge on any atom is 0.537 e. The molecule has 2 atom stereocenters. The second-order valence-corrected chi connectivity index (χ2v) is 8.98. The van der Waals surface area contributed by atoms with Crippen molar-refractivity contribution in [1.29, 1.82) is 0 Å². The van der Waals surface area contributed by atoms with Crippen LogP contribution in [0.2, 0.25) is 0 Å². The zero-order chi connectivity index (χ0) is 19.7. The van der Waals surface area contributed by atoms with Gasteiger partial charge >= 0.3 is 13.1 Å². The zero-order valence-corrected chi connectivity index (χ0v) is 16.7. The van der Waals surface area contributed by atoms with Gasteiger partial charge in [-0.2, -0.15) is 0 Å². The van der Waals surface area contributed by atoms with Crippen LogP contribution < -0.4 is 20.0 Å². The highest BCUT2D eigenvalue weighted by Gasteiger charge is 2.39. The van der Waals surface area contributed by atoms with Gasteiger partial charge in [0.2, 0.25) is 5.13 Å². The number of hydrogen-bond donors (Lipinski definition) is 4. The van der Waals surface area contributed by atoms with Crippen LogP contribution in [-0.4, -0.2) is 64.8 Å². The Morgan fingerprint density at radius 1 is 1.50 bits per heavy atom. The quantitative estimate of drug-likeness (QED) is 0.504. The molecule has 12 heteroatoms. The highest BCUT2D eigenvalue weighted by molar-refractivity contribution is 8.02. The van der Waals surface area contributed by atoms with Crippen molar-refractivity contribution in [3.05, 3.63) is 23.3 Å². The zero-order valence-electron chi connectivity index (χ0n) is 15.0. The Morgan fingerprint density at radius 3 is 3.07 bits per heavy atom. The van der Waals surface area contributed by atoms with Crippen LogP contribution in [0.1, 0.15) is 22.3 Å². The number of methoxy groups -OCH3 is 1. The molecule has 2 unspecified atom stereocenters. The number of nitrogens with zero attached hydrogens (tertiary/aromatic N) is 2. The Hall–Kier alpha value is -2.02. The summed E-state index contributed by atoms with van der Waals surface area (Å²) in [7, 11) is 0.233. The molecule has 1 aromatic carbocycles. The molecule has 1 aromatic heterocycles. The van der Waals surface area contributed by atoms with E-state index in [9.17, 15) is 14.9 Å². The third-order valence-corrected chi connectivity index (χ3v) is 6.83. The van der Waals surface area contributed by atoms with Gasteiger partial charge in [0, 0.05) is 12.6 Å². The number of carbonyl (C=O) groups is 1. The predicted octanol–water partition coefficient (Wildman–Crippen LogP) is 1.13. The van der Waals surface area contributed by atoms with Gasteiger partial charge in [0.1, 0.15) is 17.1 Å². The molecule has 28 heavy (non-hydrogen) atoms. The Morgan fingerprint density at radius 2 is 2.36 bits per heavy atom. The smallest absolute Gasteiger partial charge is 0.534 e. The molecule has 9 nitrogen and oxygen atoms in total. The minimum atomic E-state index is -1.16. The Kier molecular flexibility index (Phi) is 5.62. The lowest BCUT2D eigenvalue weighted by Gasteiger charge is -2.27. The van der Waals surface area contributed by atoms with E-state index in [2.05, 4.69) is 20.8 Å². The largest absolute Gasteiger partial charge is 0.537 e. The van der Waals surface area contributed by atoms with Crippen LogP contribution in [0.3, 0.4) is 0 Å². The van der Waals surface area contributed by atoms with Gasteiger partial charge in [0.05, 0.1) is 12.3 Å². The number of aromatic carboxylic acids is 1. The highest BCUT2D eigenvalue weighted by atomic mass is 32.2. The SMILES string of the molecule is COc1ccc2c(c1C(=O)O)OB(O)C(Sc1nnc(NC3CCNC3)s1)C2. The van der Waals surface area contributed by atoms with Crippen molar-refractivity contribution in [3.63, 3.8) is 0 Å². The summed E-state index contributed by atoms with van der Waals surface area (Å²) in [5, 5.41) is 35.3. The number of benzene rings is 1. The van der Waals surface area contributed by atoms with E-state index < -0.39 is 13.1 Å². The number of anilines is 1. The fourth-order valence-corrected chi connectivity index (χ4v) is 5.42. The molecule has 4 rings (SSSR count). The number of thioether (sulfide) groups is 1. The molecule has 0 amide bonds. The van der Waals surface area contributed by atoms with Gasteiger partial charge in [0.25, 0.3) is 0 Å². The van der Waals surface area contributed by atoms with Crippen molar-refractivity contribution >= 4 is 41.3 Å². The van der Waals surface area contributed by atoms with Crippen LogP contribution in [0.4, 0.5) is 5.13 Å². The fraction of sp³-hybridized carbons (Fsp3) is 0.438. The van der Waals surface area contributed by atoms with E-state index in [4.69, 9.17) is 9.39 Å². The number of nitrogens with one attached hydrogen (secondary N) is 2. The van der Waals surface area contributed by atoms with Crippen molar-refractivity contribution in [1.82, 2.24) is 15.5 Å². The van der Waals surface area contributed by atoms with Crippen molar-refractivity contribution in [2.24, 2.45) is 0 Å². The minimum absolute atomic E-state index is 0.0740. The molecular weight excluding hydrogens is 403 g/mol. The average Bonchev–Trinajstić information content (AvgIpc) is 3.34. The fourth-order valence-electron chi connectivity index (χ4n) is 3.29. The lowest BCUT2D eigenvalue weighted by atomic mass is 9.77. The first kappa shape index (κ1) is 19.3. The van der Waals surface area contributed by atoms with Crippen LogP contribution in [-0.2, 0) is 6.42 Å². The molecule has 4 N–H and O–H groups in total. The van der Waals surface area contributed by atoms with Crippen LogP contribution in [0.5, 0.6) is 11.5 Å². The molecule has 0 aliphatic carbocycles. The maximum absolute atomic E-state index is 11.6. The van der Waals surface area contributed by atoms with E-state index in [0.29, 0.717) is 18.0 Å². The first-order valence-electron chi connectivity index (χ1n) is 8.80. The number of hydrogen-bond acceptors (Lipinski definition) is 10. The maximum atomic E-state index is 11.6. The molecule has 0 saturated carbocycles. The van der Waals surface area contributed by atoms with Crippen molar-refractivity contribution in [3.8, 4) is 11.5 Å². The third-order valence-electron chi connectivity index (χ3n) is 4.66. The Balaban J connectivity index is 1.48. The van der Waals surface area contributed by atoms with Gasteiger partial charge < -0.3 is 30.2 Å². The van der Waals surface area contributed by atoms with Gasteiger partial charge in [-0.3, -0.25) is 0 Å². The third kappa shape index (κ3) is 3.90. The number of aromatic nitrogens is 2. The van der Waals surface area contributed by atoms with Crippen molar-refractivity contribution < 1.29 is 24.3 Å². The molecule has 0 spiro atoms. The van der Waals surface area contributed by atoms with Crippen molar-refractivity contribution in [2.45, 2.75) is 28.4 Å². The number of carboxylic acid groups (broad SMARTS) is 1. The summed E-state index contributed by atoms with van der Waals surface area (Å²) >= 11 is 2.81. The lowest BCUT2D eigenvalue weighted by Crippen LogP contribution is -2.40. The van der Waals surface area contributed by atoms with Crippen LogP contribution in [0.15, 0.2) is 16.5 Å². The summed E-state index contributed by atoms with van der Waals surface area (Å²) in [6.45, 7) is 1.90. The van der Waals surface area contributed by atoms with E-state index in [1.165, 1.54) is 30.2 Å².